The van der Waals surface area contributed by atoms with Gasteiger partial charge < -0.3 is 14.6 Å². The Morgan fingerprint density at radius 3 is 1.74 bits per heavy atom. The minimum atomic E-state index is -0.935. The minimum Gasteiger partial charge on any atom is -0.465 e. The van der Waals surface area contributed by atoms with Crippen molar-refractivity contribution >= 4 is 11.9 Å². The molecule has 2 atom stereocenters. The van der Waals surface area contributed by atoms with Gasteiger partial charge in [-0.25, -0.2) is 23.5 Å². The Morgan fingerprint density at radius 2 is 1.31 bits per heavy atom. The van der Waals surface area contributed by atoms with Crippen LogP contribution in [0, 0.1) is 18.8 Å². The van der Waals surface area contributed by atoms with E-state index in [1.165, 1.54) is 0 Å². The van der Waals surface area contributed by atoms with Crippen LogP contribution in [-0.4, -0.2) is 51.0 Å². The molecule has 0 spiro atoms. The van der Waals surface area contributed by atoms with E-state index in [0.29, 0.717) is 12.8 Å². The lowest BCUT2D eigenvalue weighted by Crippen LogP contribution is -2.49. The van der Waals surface area contributed by atoms with Crippen LogP contribution in [0.2, 0.25) is 0 Å². The summed E-state index contributed by atoms with van der Waals surface area (Å²) in [5.41, 5.74) is -2.78. The van der Waals surface area contributed by atoms with Gasteiger partial charge in [-0.3, -0.25) is 14.6 Å². The number of aromatic nitrogens is 3. The van der Waals surface area contributed by atoms with Crippen LogP contribution < -0.4 is 17.1 Å². The molecule has 0 aliphatic carbocycles. The monoisotopic (exact) mass is 497 g/mol. The number of H-pyrrole nitrogens is 1. The molecule has 0 aliphatic rings. The molecule has 0 aromatic carbocycles. The summed E-state index contributed by atoms with van der Waals surface area (Å²) >= 11 is 0. The number of carbonyl (C=O) groups is 2. The van der Waals surface area contributed by atoms with Gasteiger partial charge in [0.15, 0.2) is 0 Å². The molecule has 35 heavy (non-hydrogen) atoms. The van der Waals surface area contributed by atoms with Crippen molar-refractivity contribution in [1.29, 1.82) is 0 Å². The number of aliphatic hydroxyl groups is 1. The molecule has 0 bridgehead atoms. The largest absolute Gasteiger partial charge is 0.465 e. The molecule has 0 amide bonds. The number of hydrogen-bond donors (Lipinski definition) is 2. The number of carbonyl (C=O) groups excluding carboxylic acids is 2. The summed E-state index contributed by atoms with van der Waals surface area (Å²) in [6.45, 7) is 9.36. The van der Waals surface area contributed by atoms with Crippen molar-refractivity contribution in [3.8, 4) is 0 Å². The maximum absolute atomic E-state index is 12.6. The zero-order valence-electron chi connectivity index (χ0n) is 20.8. The Hall–Kier alpha value is -2.69. The first-order valence-corrected chi connectivity index (χ1v) is 12.3. The predicted molar refractivity (Wildman–Crippen MR) is 129 cm³/mol. The third-order valence-corrected chi connectivity index (χ3v) is 5.56. The van der Waals surface area contributed by atoms with Crippen molar-refractivity contribution in [2.75, 3.05) is 19.8 Å². The first kappa shape index (κ1) is 30.3. The second kappa shape index (κ2) is 16.9. The molecular formula is C24H39N3O8. The van der Waals surface area contributed by atoms with E-state index in [1.807, 2.05) is 18.8 Å². The highest BCUT2D eigenvalue weighted by Crippen LogP contribution is 2.10. The average molecular weight is 498 g/mol. The fraction of sp³-hybridized carbons (Fsp3) is 0.750. The Kier molecular flexibility index (Phi) is 14.6. The normalized spacial score (nSPS) is 12.8. The summed E-state index contributed by atoms with van der Waals surface area (Å²) in [7, 11) is 0. The minimum absolute atomic E-state index is 0.118. The number of unbranched alkanes of at least 4 members (excludes halogenated alkanes) is 3. The molecule has 2 radical (unpaired) electrons. The molecule has 0 saturated heterocycles. The summed E-state index contributed by atoms with van der Waals surface area (Å²) in [4.78, 5) is 62.9. The molecule has 2 N–H and O–H groups in total. The fourth-order valence-corrected chi connectivity index (χ4v) is 3.37. The van der Waals surface area contributed by atoms with Crippen LogP contribution in [0.3, 0.4) is 0 Å². The number of nitrogens with zero attached hydrogens (tertiary/aromatic N) is 2. The van der Waals surface area contributed by atoms with Crippen LogP contribution in [0.15, 0.2) is 14.4 Å². The van der Waals surface area contributed by atoms with Gasteiger partial charge >= 0.3 is 29.0 Å². The Balaban J connectivity index is 2.59. The molecule has 1 aromatic heterocycles. The Morgan fingerprint density at radius 1 is 0.857 bits per heavy atom. The van der Waals surface area contributed by atoms with Crippen LogP contribution in [-0.2, 0) is 32.2 Å². The topological polar surface area (TPSA) is 150 Å². The predicted octanol–water partition coefficient (Wildman–Crippen LogP) is 1.27. The number of nitrogens with one attached hydrogen (secondary N) is 1. The summed E-state index contributed by atoms with van der Waals surface area (Å²) in [5, 5.41) is 8.81. The molecule has 11 nitrogen and oxygen atoms in total. The van der Waals surface area contributed by atoms with Crippen LogP contribution >= 0.6 is 0 Å². The maximum Gasteiger partial charge on any atom is 0.336 e. The highest BCUT2D eigenvalue weighted by atomic mass is 16.5. The highest BCUT2D eigenvalue weighted by molar-refractivity contribution is 5.69. The van der Waals surface area contributed by atoms with Gasteiger partial charge in [0, 0.05) is 19.7 Å². The quantitative estimate of drug-likeness (QED) is 0.227. The smallest absolute Gasteiger partial charge is 0.336 e. The van der Waals surface area contributed by atoms with Crippen LogP contribution in [0.4, 0.5) is 0 Å². The molecule has 1 aromatic rings. The third-order valence-electron chi connectivity index (χ3n) is 5.56. The van der Waals surface area contributed by atoms with Gasteiger partial charge in [-0.05, 0) is 44.4 Å². The molecule has 0 fully saturated rings. The zero-order valence-corrected chi connectivity index (χ0v) is 20.8. The number of aromatic amines is 1. The van der Waals surface area contributed by atoms with E-state index in [4.69, 9.17) is 21.5 Å². The molecular weight excluding hydrogens is 458 g/mol. The van der Waals surface area contributed by atoms with E-state index in [-0.39, 0.29) is 57.6 Å². The third kappa shape index (κ3) is 12.0. The maximum atomic E-state index is 12.6. The van der Waals surface area contributed by atoms with E-state index in [1.54, 1.807) is 0 Å². The molecule has 0 saturated carbocycles. The van der Waals surface area contributed by atoms with Gasteiger partial charge in [0.25, 0.3) is 0 Å². The number of ether oxygens (including phenoxy) is 2. The van der Waals surface area contributed by atoms with E-state index < -0.39 is 29.0 Å². The van der Waals surface area contributed by atoms with E-state index in [9.17, 15) is 24.0 Å². The molecule has 1 rings (SSSR count). The average Bonchev–Trinajstić information content (AvgIpc) is 2.81. The lowest BCUT2D eigenvalue weighted by molar-refractivity contribution is -0.146. The summed E-state index contributed by atoms with van der Waals surface area (Å²) < 4.78 is 11.9. The Labute approximate surface area is 205 Å². The van der Waals surface area contributed by atoms with Gasteiger partial charge in [-0.1, -0.05) is 33.1 Å². The standard InChI is InChI=1S/C24H39N3O8/c1-4-5-6-9-18(2)16-34-20(29)11-13-26-22(31)25-23(32)27(24(26)33)14-12-21(30)35-17-19(3)10-7-8-15-28/h1,18-19,28H,4-17H2,2-3H3,(H,25,31,32). The van der Waals surface area contributed by atoms with Gasteiger partial charge in [0.05, 0.1) is 26.1 Å². The van der Waals surface area contributed by atoms with E-state index >= 15 is 0 Å². The van der Waals surface area contributed by atoms with Crippen LogP contribution in [0.5, 0.6) is 0 Å². The SMILES string of the molecule is [CH]CCCCC(C)COC(=O)CCn1c(=O)[nH]c(=O)n(CCC(=O)OCC(C)CCCCO)c1=O. The lowest BCUT2D eigenvalue weighted by atomic mass is 10.0. The van der Waals surface area contributed by atoms with Crippen molar-refractivity contribution in [1.82, 2.24) is 14.1 Å². The van der Waals surface area contributed by atoms with E-state index in [0.717, 1.165) is 41.2 Å². The van der Waals surface area contributed by atoms with Gasteiger partial charge in [0.2, 0.25) is 0 Å². The summed E-state index contributed by atoms with van der Waals surface area (Å²) in [6.07, 6.45) is 5.20. The second-order valence-corrected chi connectivity index (χ2v) is 8.90. The summed E-state index contributed by atoms with van der Waals surface area (Å²) in [6, 6.07) is 0. The molecule has 1 heterocycles. The zero-order chi connectivity index (χ0) is 26.2. The number of hydrogen-bond acceptors (Lipinski definition) is 8. The Bertz CT molecular complexity index is 878. The highest BCUT2D eigenvalue weighted by Gasteiger charge is 2.15. The molecule has 11 heteroatoms. The van der Waals surface area contributed by atoms with E-state index in [2.05, 4.69) is 0 Å². The van der Waals surface area contributed by atoms with Crippen molar-refractivity contribution in [2.24, 2.45) is 11.8 Å². The molecule has 2 unspecified atom stereocenters. The van der Waals surface area contributed by atoms with Crippen LogP contribution in [0.1, 0.15) is 71.6 Å². The van der Waals surface area contributed by atoms with Crippen molar-refractivity contribution in [3.63, 3.8) is 0 Å². The van der Waals surface area contributed by atoms with Crippen molar-refractivity contribution in [3.05, 3.63) is 38.4 Å². The number of esters is 2. The van der Waals surface area contributed by atoms with Gasteiger partial charge in [-0.15, -0.1) is 0 Å². The van der Waals surface area contributed by atoms with Gasteiger partial charge in [-0.2, -0.15) is 0 Å². The number of aliphatic hydroxyl groups excluding tert-OH is 1. The molecule has 0 aliphatic heterocycles. The van der Waals surface area contributed by atoms with Crippen LogP contribution in [0.25, 0.3) is 0 Å². The first-order valence-electron chi connectivity index (χ1n) is 12.3. The lowest BCUT2D eigenvalue weighted by Gasteiger charge is -2.13. The van der Waals surface area contributed by atoms with Crippen molar-refractivity contribution < 1.29 is 24.2 Å². The van der Waals surface area contributed by atoms with Gasteiger partial charge in [0.1, 0.15) is 0 Å². The fourth-order valence-electron chi connectivity index (χ4n) is 3.37. The number of rotatable bonds is 18. The van der Waals surface area contributed by atoms with Crippen molar-refractivity contribution in [2.45, 2.75) is 84.7 Å². The second-order valence-electron chi connectivity index (χ2n) is 8.90. The first-order chi connectivity index (χ1) is 16.7. The summed E-state index contributed by atoms with van der Waals surface area (Å²) in [5.74, 6) is -0.849. The molecule has 198 valence electrons.